The van der Waals surface area contributed by atoms with Crippen molar-refractivity contribution >= 4 is 17.6 Å². The maximum absolute atomic E-state index is 8.31. The summed E-state index contributed by atoms with van der Waals surface area (Å²) >= 11 is 1.86. The lowest BCUT2D eigenvalue weighted by molar-refractivity contribution is 0.317. The van der Waals surface area contributed by atoms with Gasteiger partial charge in [0.05, 0.1) is 0 Å². The monoisotopic (exact) mass is 190 g/mol. The van der Waals surface area contributed by atoms with Crippen molar-refractivity contribution in [1.29, 1.82) is 0 Å². The minimum absolute atomic E-state index is 0.318. The highest BCUT2D eigenvalue weighted by Gasteiger charge is 2.06. The number of rotatable bonds is 5. The molecule has 72 valence electrons. The second kappa shape index (κ2) is 6.17. The van der Waals surface area contributed by atoms with Gasteiger partial charge in [-0.3, -0.25) is 0 Å². The summed E-state index contributed by atoms with van der Waals surface area (Å²) in [7, 11) is 0. The average Bonchev–Trinajstić information content (AvgIpc) is 2.00. The van der Waals surface area contributed by atoms with Crippen LogP contribution in [0, 0.1) is 5.92 Å². The maximum Gasteiger partial charge on any atom is 0.140 e. The number of hydrogen-bond donors (Lipinski definition) is 2. The number of nitrogens with two attached hydrogens (primary N) is 1. The molecule has 0 amide bonds. The summed E-state index contributed by atoms with van der Waals surface area (Å²) in [6.07, 6.45) is 0.661. The SMILES string of the molecule is CC(C)CSC(C)CC(N)=NO. The minimum Gasteiger partial charge on any atom is -0.409 e. The molecule has 0 fully saturated rings. The topological polar surface area (TPSA) is 58.6 Å². The number of amidine groups is 1. The van der Waals surface area contributed by atoms with Gasteiger partial charge in [0.25, 0.3) is 0 Å². The Balaban J connectivity index is 3.53. The van der Waals surface area contributed by atoms with Crippen molar-refractivity contribution in [2.24, 2.45) is 16.8 Å². The molecule has 0 aromatic carbocycles. The molecule has 0 bridgehead atoms. The Bertz CT molecular complexity index is 148. The standard InChI is InChI=1S/C8H18N2OS/c1-6(2)5-12-7(3)4-8(9)10-11/h6-7,11H,4-5H2,1-3H3,(H2,9,10). The number of thioether (sulfide) groups is 1. The van der Waals surface area contributed by atoms with Gasteiger partial charge in [0.2, 0.25) is 0 Å². The van der Waals surface area contributed by atoms with Crippen LogP contribution in [0.1, 0.15) is 27.2 Å². The molecule has 0 heterocycles. The molecule has 0 saturated heterocycles. The van der Waals surface area contributed by atoms with Gasteiger partial charge in [0.1, 0.15) is 5.84 Å². The van der Waals surface area contributed by atoms with Crippen molar-refractivity contribution < 1.29 is 5.21 Å². The summed E-state index contributed by atoms with van der Waals surface area (Å²) < 4.78 is 0. The highest BCUT2D eigenvalue weighted by atomic mass is 32.2. The average molecular weight is 190 g/mol. The molecule has 12 heavy (non-hydrogen) atoms. The fourth-order valence-electron chi connectivity index (χ4n) is 0.751. The quantitative estimate of drug-likeness (QED) is 0.301. The molecule has 0 aromatic rings. The number of oxime groups is 1. The molecule has 0 aliphatic carbocycles. The van der Waals surface area contributed by atoms with Crippen molar-refractivity contribution in [3.05, 3.63) is 0 Å². The Morgan fingerprint density at radius 1 is 1.50 bits per heavy atom. The fraction of sp³-hybridized carbons (Fsp3) is 0.875. The van der Waals surface area contributed by atoms with Crippen LogP contribution in [0.25, 0.3) is 0 Å². The lowest BCUT2D eigenvalue weighted by Gasteiger charge is -2.11. The summed E-state index contributed by atoms with van der Waals surface area (Å²) in [4.78, 5) is 0. The Hall–Kier alpha value is -0.380. The largest absolute Gasteiger partial charge is 0.409 e. The normalized spacial score (nSPS) is 15.2. The first-order valence-corrected chi connectivity index (χ1v) is 5.19. The summed E-state index contributed by atoms with van der Waals surface area (Å²) in [5.41, 5.74) is 5.37. The molecule has 0 aliphatic rings. The van der Waals surface area contributed by atoms with E-state index in [0.717, 1.165) is 5.75 Å². The van der Waals surface area contributed by atoms with Crippen molar-refractivity contribution in [3.63, 3.8) is 0 Å². The van der Waals surface area contributed by atoms with E-state index >= 15 is 0 Å². The van der Waals surface area contributed by atoms with Crippen molar-refractivity contribution in [2.75, 3.05) is 5.75 Å². The minimum atomic E-state index is 0.318. The highest BCUT2D eigenvalue weighted by molar-refractivity contribution is 7.99. The second-order valence-electron chi connectivity index (χ2n) is 3.33. The van der Waals surface area contributed by atoms with Crippen LogP contribution in [0.2, 0.25) is 0 Å². The highest BCUT2D eigenvalue weighted by Crippen LogP contribution is 2.16. The molecule has 0 rings (SSSR count). The second-order valence-corrected chi connectivity index (χ2v) is 4.80. The lowest BCUT2D eigenvalue weighted by atomic mass is 10.3. The molecule has 4 heteroatoms. The summed E-state index contributed by atoms with van der Waals surface area (Å²) in [6, 6.07) is 0. The smallest absolute Gasteiger partial charge is 0.140 e. The molecule has 0 radical (unpaired) electrons. The van der Waals surface area contributed by atoms with Crippen molar-refractivity contribution in [1.82, 2.24) is 0 Å². The van der Waals surface area contributed by atoms with E-state index in [4.69, 9.17) is 10.9 Å². The van der Waals surface area contributed by atoms with Crippen LogP contribution in [-0.4, -0.2) is 22.0 Å². The lowest BCUT2D eigenvalue weighted by Crippen LogP contribution is -2.17. The van der Waals surface area contributed by atoms with E-state index in [-0.39, 0.29) is 0 Å². The van der Waals surface area contributed by atoms with Gasteiger partial charge in [-0.25, -0.2) is 0 Å². The Morgan fingerprint density at radius 2 is 2.08 bits per heavy atom. The Morgan fingerprint density at radius 3 is 2.50 bits per heavy atom. The molecule has 1 unspecified atom stereocenters. The molecule has 0 aliphatic heterocycles. The van der Waals surface area contributed by atoms with E-state index in [2.05, 4.69) is 25.9 Å². The van der Waals surface area contributed by atoms with Crippen molar-refractivity contribution in [3.8, 4) is 0 Å². The zero-order valence-corrected chi connectivity index (χ0v) is 8.77. The van der Waals surface area contributed by atoms with Gasteiger partial charge in [-0.1, -0.05) is 25.9 Å². The third kappa shape index (κ3) is 6.34. The molecular formula is C8H18N2OS. The van der Waals surface area contributed by atoms with Crippen LogP contribution in [0.4, 0.5) is 0 Å². The molecule has 0 spiro atoms. The van der Waals surface area contributed by atoms with Crippen molar-refractivity contribution in [2.45, 2.75) is 32.4 Å². The molecule has 0 saturated carbocycles. The van der Waals surface area contributed by atoms with Crippen LogP contribution < -0.4 is 5.73 Å². The third-order valence-corrected chi connectivity index (χ3v) is 2.93. The Labute approximate surface area is 78.4 Å². The van der Waals surface area contributed by atoms with Gasteiger partial charge in [-0.05, 0) is 11.7 Å². The Kier molecular flexibility index (Phi) is 5.98. The first kappa shape index (κ1) is 11.6. The number of nitrogens with zero attached hydrogens (tertiary/aromatic N) is 1. The van der Waals surface area contributed by atoms with Gasteiger partial charge in [-0.15, -0.1) is 0 Å². The van der Waals surface area contributed by atoms with E-state index in [1.807, 2.05) is 11.8 Å². The van der Waals surface area contributed by atoms with Crippen LogP contribution >= 0.6 is 11.8 Å². The predicted octanol–water partition coefficient (Wildman–Crippen LogP) is 1.90. The van der Waals surface area contributed by atoms with Crippen LogP contribution in [-0.2, 0) is 0 Å². The van der Waals surface area contributed by atoms with Gasteiger partial charge >= 0.3 is 0 Å². The van der Waals surface area contributed by atoms with Crippen LogP contribution in [0.15, 0.2) is 5.16 Å². The zero-order valence-electron chi connectivity index (χ0n) is 7.95. The van der Waals surface area contributed by atoms with Crippen LogP contribution in [0.3, 0.4) is 0 Å². The summed E-state index contributed by atoms with van der Waals surface area (Å²) in [5, 5.41) is 11.7. The summed E-state index contributed by atoms with van der Waals surface area (Å²) in [6.45, 7) is 6.46. The van der Waals surface area contributed by atoms with E-state index in [9.17, 15) is 0 Å². The summed E-state index contributed by atoms with van der Waals surface area (Å²) in [5.74, 6) is 2.14. The number of hydrogen-bond acceptors (Lipinski definition) is 3. The molecule has 1 atom stereocenters. The maximum atomic E-state index is 8.31. The first-order chi connectivity index (χ1) is 5.56. The molecular weight excluding hydrogens is 172 g/mol. The predicted molar refractivity (Wildman–Crippen MR) is 54.8 cm³/mol. The van der Waals surface area contributed by atoms with Gasteiger partial charge in [0, 0.05) is 11.7 Å². The molecule has 3 nitrogen and oxygen atoms in total. The van der Waals surface area contributed by atoms with E-state index in [1.54, 1.807) is 0 Å². The molecule has 0 aromatic heterocycles. The third-order valence-electron chi connectivity index (χ3n) is 1.34. The zero-order chi connectivity index (χ0) is 9.56. The van der Waals surface area contributed by atoms with E-state index in [1.165, 1.54) is 0 Å². The molecule has 3 N–H and O–H groups in total. The van der Waals surface area contributed by atoms with Gasteiger partial charge < -0.3 is 10.9 Å². The first-order valence-electron chi connectivity index (χ1n) is 4.14. The van der Waals surface area contributed by atoms with Gasteiger partial charge in [-0.2, -0.15) is 11.8 Å². The van der Waals surface area contributed by atoms with Gasteiger partial charge in [0.15, 0.2) is 0 Å². The fourth-order valence-corrected chi connectivity index (χ4v) is 1.75. The van der Waals surface area contributed by atoms with E-state index in [0.29, 0.717) is 23.4 Å². The van der Waals surface area contributed by atoms with E-state index < -0.39 is 0 Å². The van der Waals surface area contributed by atoms with Crippen LogP contribution in [0.5, 0.6) is 0 Å².